The van der Waals surface area contributed by atoms with Crippen LogP contribution in [-0.2, 0) is 19.1 Å². The Bertz CT molecular complexity index is 752. The van der Waals surface area contributed by atoms with Gasteiger partial charge in [0, 0.05) is 24.7 Å². The van der Waals surface area contributed by atoms with Gasteiger partial charge < -0.3 is 9.84 Å². The number of rotatable bonds is 1. The molecule has 0 amide bonds. The van der Waals surface area contributed by atoms with Gasteiger partial charge in [-0.15, -0.1) is 0 Å². The quantitative estimate of drug-likeness (QED) is 0.564. The van der Waals surface area contributed by atoms with Crippen LogP contribution in [0.5, 0.6) is 0 Å². The normalized spacial score (nSPS) is 48.0. The highest BCUT2D eigenvalue weighted by molar-refractivity contribution is 6.05. The Balaban J connectivity index is 1.88. The fourth-order valence-corrected chi connectivity index (χ4v) is 7.46. The van der Waals surface area contributed by atoms with Gasteiger partial charge in [0.2, 0.25) is 0 Å². The van der Waals surface area contributed by atoms with Crippen molar-refractivity contribution in [2.75, 3.05) is 0 Å². The molecule has 1 spiro atoms. The largest absolute Gasteiger partial charge is 0.461 e. The summed E-state index contributed by atoms with van der Waals surface area (Å²) in [6.45, 7) is 11.5. The third-order valence-electron chi connectivity index (χ3n) is 8.69. The number of hydrogen-bond donors (Lipinski definition) is 1. The highest BCUT2D eigenvalue weighted by Crippen LogP contribution is 2.71. The zero-order valence-electron chi connectivity index (χ0n) is 16.7. The van der Waals surface area contributed by atoms with Gasteiger partial charge in [-0.1, -0.05) is 27.4 Å². The molecular weight excluding hydrogens is 344 g/mol. The summed E-state index contributed by atoms with van der Waals surface area (Å²) in [5.74, 6) is -0.619. The van der Waals surface area contributed by atoms with Crippen molar-refractivity contribution in [2.45, 2.75) is 72.0 Å². The smallest absolute Gasteiger partial charge is 0.302 e. The summed E-state index contributed by atoms with van der Waals surface area (Å²) in [7, 11) is 0. The van der Waals surface area contributed by atoms with Crippen LogP contribution < -0.4 is 0 Å². The number of ketones is 2. The molecule has 4 saturated carbocycles. The molecule has 0 aliphatic heterocycles. The second kappa shape index (κ2) is 5.53. The van der Waals surface area contributed by atoms with Crippen molar-refractivity contribution < 1.29 is 24.2 Å². The minimum absolute atomic E-state index is 0.00747. The van der Waals surface area contributed by atoms with E-state index in [0.717, 1.165) is 19.3 Å². The van der Waals surface area contributed by atoms with E-state index < -0.39 is 29.0 Å². The second-order valence-electron chi connectivity index (χ2n) is 10.0. The molecule has 27 heavy (non-hydrogen) atoms. The molecular formula is C22H30O5. The van der Waals surface area contributed by atoms with Crippen LogP contribution in [-0.4, -0.2) is 34.9 Å². The molecule has 5 heteroatoms. The van der Waals surface area contributed by atoms with Gasteiger partial charge in [-0.25, -0.2) is 0 Å². The molecule has 0 radical (unpaired) electrons. The van der Waals surface area contributed by atoms with Crippen LogP contribution in [0, 0.1) is 34.0 Å². The van der Waals surface area contributed by atoms with Gasteiger partial charge in [-0.3, -0.25) is 14.4 Å². The Morgan fingerprint density at radius 3 is 2.48 bits per heavy atom. The van der Waals surface area contributed by atoms with Crippen LogP contribution in [0.1, 0.15) is 59.8 Å². The van der Waals surface area contributed by atoms with E-state index in [2.05, 4.69) is 13.5 Å². The van der Waals surface area contributed by atoms with E-state index in [-0.39, 0.29) is 34.7 Å². The summed E-state index contributed by atoms with van der Waals surface area (Å²) < 4.78 is 5.70. The van der Waals surface area contributed by atoms with Crippen molar-refractivity contribution in [3.63, 3.8) is 0 Å². The molecule has 0 aromatic heterocycles. The molecule has 4 aliphatic carbocycles. The first-order valence-electron chi connectivity index (χ1n) is 10.1. The van der Waals surface area contributed by atoms with Gasteiger partial charge in [-0.05, 0) is 48.5 Å². The lowest BCUT2D eigenvalue weighted by molar-refractivity contribution is -0.229. The third-order valence-corrected chi connectivity index (χ3v) is 8.69. The van der Waals surface area contributed by atoms with Gasteiger partial charge >= 0.3 is 5.97 Å². The van der Waals surface area contributed by atoms with E-state index in [0.29, 0.717) is 18.4 Å². The first-order chi connectivity index (χ1) is 12.5. The first kappa shape index (κ1) is 18.9. The standard InChI is InChI=1S/C22H30O5/c1-11-13-6-7-14-21(5)9-8-16(24)20(3,4)15(21)10-17(25)22(14,18(11)26)19(13)27-12(2)23/h13-15,17,19,25H,1,6-10H2,2-5H3/t13-,14-,15+,17-,19?,21-,22-/m1/s1. The fourth-order valence-electron chi connectivity index (χ4n) is 7.46. The molecule has 2 bridgehead atoms. The lowest BCUT2D eigenvalue weighted by Crippen LogP contribution is -2.68. The number of esters is 1. The molecule has 0 heterocycles. The van der Waals surface area contributed by atoms with Crippen molar-refractivity contribution >= 4 is 17.5 Å². The predicted octanol–water partition coefficient (Wildman–Crippen LogP) is 2.85. The topological polar surface area (TPSA) is 80.7 Å². The molecule has 0 aromatic carbocycles. The molecule has 5 nitrogen and oxygen atoms in total. The number of Topliss-reactive ketones (excluding diaryl/α,β-unsaturated/α-hetero) is 2. The monoisotopic (exact) mass is 374 g/mol. The van der Waals surface area contributed by atoms with E-state index in [1.807, 2.05) is 13.8 Å². The van der Waals surface area contributed by atoms with Crippen LogP contribution in [0.2, 0.25) is 0 Å². The van der Waals surface area contributed by atoms with E-state index in [1.54, 1.807) is 0 Å². The Labute approximate surface area is 160 Å². The van der Waals surface area contributed by atoms with E-state index in [9.17, 15) is 19.5 Å². The first-order valence-corrected chi connectivity index (χ1v) is 10.1. The van der Waals surface area contributed by atoms with Crippen LogP contribution >= 0.6 is 0 Å². The lowest BCUT2D eigenvalue weighted by atomic mass is 9.39. The Kier molecular flexibility index (Phi) is 3.86. The average molecular weight is 374 g/mol. The highest BCUT2D eigenvalue weighted by Gasteiger charge is 2.75. The molecule has 0 saturated heterocycles. The molecule has 0 aromatic rings. The molecule has 4 aliphatic rings. The summed E-state index contributed by atoms with van der Waals surface area (Å²) in [4.78, 5) is 37.9. The lowest BCUT2D eigenvalue weighted by Gasteiger charge is -2.64. The minimum Gasteiger partial charge on any atom is -0.461 e. The van der Waals surface area contributed by atoms with Crippen LogP contribution in [0.4, 0.5) is 0 Å². The van der Waals surface area contributed by atoms with E-state index in [4.69, 9.17) is 4.74 Å². The Morgan fingerprint density at radius 2 is 1.85 bits per heavy atom. The van der Waals surface area contributed by atoms with Crippen LogP contribution in [0.25, 0.3) is 0 Å². The number of hydrogen-bond acceptors (Lipinski definition) is 5. The zero-order valence-corrected chi connectivity index (χ0v) is 16.7. The van der Waals surface area contributed by atoms with Gasteiger partial charge in [0.25, 0.3) is 0 Å². The van der Waals surface area contributed by atoms with Crippen molar-refractivity contribution in [2.24, 2.45) is 34.0 Å². The number of carbonyl (C=O) groups excluding carboxylic acids is 3. The predicted molar refractivity (Wildman–Crippen MR) is 98.6 cm³/mol. The van der Waals surface area contributed by atoms with Crippen molar-refractivity contribution in [3.8, 4) is 0 Å². The van der Waals surface area contributed by atoms with Gasteiger partial charge in [0.1, 0.15) is 11.9 Å². The van der Waals surface area contributed by atoms with E-state index in [1.165, 1.54) is 6.92 Å². The maximum Gasteiger partial charge on any atom is 0.302 e. The minimum atomic E-state index is -1.10. The van der Waals surface area contributed by atoms with Crippen molar-refractivity contribution in [1.82, 2.24) is 0 Å². The summed E-state index contributed by atoms with van der Waals surface area (Å²) in [5.41, 5.74) is -1.38. The summed E-state index contributed by atoms with van der Waals surface area (Å²) >= 11 is 0. The maximum absolute atomic E-state index is 13.5. The summed E-state index contributed by atoms with van der Waals surface area (Å²) in [5, 5.41) is 11.4. The third kappa shape index (κ3) is 2.07. The van der Waals surface area contributed by atoms with Gasteiger partial charge in [0.15, 0.2) is 5.78 Å². The number of fused-ring (bicyclic) bond motifs is 3. The number of carbonyl (C=O) groups is 3. The Hall–Kier alpha value is -1.49. The number of aliphatic hydroxyl groups is 1. The average Bonchev–Trinajstić information content (AvgIpc) is 2.70. The van der Waals surface area contributed by atoms with Crippen LogP contribution in [0.15, 0.2) is 12.2 Å². The van der Waals surface area contributed by atoms with Gasteiger partial charge in [0.05, 0.1) is 11.5 Å². The molecule has 4 fully saturated rings. The highest BCUT2D eigenvalue weighted by atomic mass is 16.5. The zero-order chi connectivity index (χ0) is 19.9. The molecule has 148 valence electrons. The molecule has 4 rings (SSSR count). The van der Waals surface area contributed by atoms with Crippen molar-refractivity contribution in [1.29, 1.82) is 0 Å². The number of ether oxygens (including phenoxy) is 1. The summed E-state index contributed by atoms with van der Waals surface area (Å²) in [6.07, 6.45) is 1.57. The Morgan fingerprint density at radius 1 is 1.19 bits per heavy atom. The molecule has 1 unspecified atom stereocenters. The SMILES string of the molecule is C=C1C(=O)[C@@]23C(OC(C)=O)[C@@H]1CC[C@@H]2[C@@]1(C)CCC(=O)C(C)(C)[C@@H]1C[C@H]3O. The number of aliphatic hydroxyl groups excluding tert-OH is 1. The van der Waals surface area contributed by atoms with Crippen LogP contribution in [0.3, 0.4) is 0 Å². The summed E-state index contributed by atoms with van der Waals surface area (Å²) in [6, 6.07) is 0. The van der Waals surface area contributed by atoms with Gasteiger partial charge in [-0.2, -0.15) is 0 Å². The van der Waals surface area contributed by atoms with Crippen molar-refractivity contribution in [3.05, 3.63) is 12.2 Å². The maximum atomic E-state index is 13.5. The fraction of sp³-hybridized carbons (Fsp3) is 0.773. The molecule has 7 atom stereocenters. The second-order valence-corrected chi connectivity index (χ2v) is 10.0. The molecule has 1 N–H and O–H groups in total. The van der Waals surface area contributed by atoms with E-state index >= 15 is 0 Å².